The number of rotatable bonds is 1. The molecule has 0 aromatic heterocycles. The first-order valence-corrected chi connectivity index (χ1v) is 7.59. The Kier molecular flexibility index (Phi) is 2.97. The predicted molar refractivity (Wildman–Crippen MR) is 75.7 cm³/mol. The Morgan fingerprint density at radius 3 is 2.79 bits per heavy atom. The van der Waals surface area contributed by atoms with Crippen molar-refractivity contribution in [3.8, 4) is 0 Å². The molecule has 0 spiro atoms. The van der Waals surface area contributed by atoms with Gasteiger partial charge in [-0.2, -0.15) is 0 Å². The Labute approximate surface area is 115 Å². The van der Waals surface area contributed by atoms with E-state index < -0.39 is 0 Å². The van der Waals surface area contributed by atoms with Gasteiger partial charge in [0.15, 0.2) is 5.78 Å². The average molecular weight is 260 g/mol. The average Bonchev–Trinajstić information content (AvgIpc) is 2.43. The maximum Gasteiger partial charge on any atom is 0.158 e. The highest BCUT2D eigenvalue weighted by molar-refractivity contribution is 5.97. The van der Waals surface area contributed by atoms with Crippen molar-refractivity contribution in [2.24, 2.45) is 10.8 Å². The summed E-state index contributed by atoms with van der Waals surface area (Å²) >= 11 is 0. The zero-order chi connectivity index (χ0) is 13.7. The van der Waals surface area contributed by atoms with Crippen LogP contribution in [0.4, 0.5) is 0 Å². The second-order valence-corrected chi connectivity index (χ2v) is 6.81. The highest BCUT2D eigenvalue weighted by Crippen LogP contribution is 2.60. The van der Waals surface area contributed by atoms with E-state index in [-0.39, 0.29) is 17.4 Å². The second-order valence-electron chi connectivity index (χ2n) is 6.81. The van der Waals surface area contributed by atoms with E-state index in [0.717, 1.165) is 37.7 Å². The van der Waals surface area contributed by atoms with Crippen molar-refractivity contribution in [3.05, 3.63) is 22.8 Å². The molecule has 1 fully saturated rings. The number of Topliss-reactive ketones (excluding diaryl/α,β-unsaturated/α-hetero) is 1. The van der Waals surface area contributed by atoms with Crippen LogP contribution in [-0.4, -0.2) is 17.5 Å². The molecule has 2 heteroatoms. The summed E-state index contributed by atoms with van der Waals surface area (Å²) in [7, 11) is 0. The molecule has 104 valence electrons. The summed E-state index contributed by atoms with van der Waals surface area (Å²) in [6.45, 7) is 4.58. The molecule has 3 rings (SSSR count). The van der Waals surface area contributed by atoms with Crippen molar-refractivity contribution in [1.82, 2.24) is 0 Å². The van der Waals surface area contributed by atoms with Gasteiger partial charge in [-0.25, -0.2) is 0 Å². The first kappa shape index (κ1) is 13.1. The van der Waals surface area contributed by atoms with Crippen molar-refractivity contribution < 1.29 is 9.90 Å². The first-order chi connectivity index (χ1) is 9.03. The Balaban J connectivity index is 2.14. The molecule has 1 saturated carbocycles. The van der Waals surface area contributed by atoms with Crippen molar-refractivity contribution in [2.75, 3.05) is 6.61 Å². The molecule has 0 saturated heterocycles. The molecule has 0 aliphatic heterocycles. The summed E-state index contributed by atoms with van der Waals surface area (Å²) in [4.78, 5) is 12.0. The van der Waals surface area contributed by atoms with Gasteiger partial charge >= 0.3 is 0 Å². The summed E-state index contributed by atoms with van der Waals surface area (Å²) < 4.78 is 0. The first-order valence-electron chi connectivity index (χ1n) is 7.59. The highest BCUT2D eigenvalue weighted by Gasteiger charge is 2.51. The van der Waals surface area contributed by atoms with Crippen molar-refractivity contribution >= 4 is 5.78 Å². The molecule has 1 N–H and O–H groups in total. The summed E-state index contributed by atoms with van der Waals surface area (Å²) in [6, 6.07) is 0. The molecule has 0 amide bonds. The highest BCUT2D eigenvalue weighted by atomic mass is 16.3. The molecule has 0 heterocycles. The van der Waals surface area contributed by atoms with E-state index in [4.69, 9.17) is 0 Å². The fourth-order valence-electron chi connectivity index (χ4n) is 4.76. The van der Waals surface area contributed by atoms with Gasteiger partial charge in [0, 0.05) is 17.3 Å². The lowest BCUT2D eigenvalue weighted by Gasteiger charge is -2.53. The normalized spacial score (nSPS) is 38.7. The fraction of sp³-hybridized carbons (Fsp3) is 0.706. The Bertz CT molecular complexity index is 485. The number of allylic oxidation sites excluding steroid dienone is 3. The van der Waals surface area contributed by atoms with Crippen LogP contribution < -0.4 is 0 Å². The third kappa shape index (κ3) is 1.69. The number of aliphatic hydroxyl groups excluding tert-OH is 1. The van der Waals surface area contributed by atoms with Crippen molar-refractivity contribution in [2.45, 2.75) is 58.8 Å². The Morgan fingerprint density at radius 1 is 1.26 bits per heavy atom. The molecular weight excluding hydrogens is 236 g/mol. The van der Waals surface area contributed by atoms with Crippen molar-refractivity contribution in [3.63, 3.8) is 0 Å². The minimum Gasteiger partial charge on any atom is -0.395 e. The Hall–Kier alpha value is -0.890. The predicted octanol–water partition coefficient (Wildman–Crippen LogP) is 3.55. The van der Waals surface area contributed by atoms with Gasteiger partial charge in [0.1, 0.15) is 0 Å². The zero-order valence-corrected chi connectivity index (χ0v) is 12.1. The maximum atomic E-state index is 12.0. The summed E-state index contributed by atoms with van der Waals surface area (Å²) in [5, 5.41) is 9.98. The lowest BCUT2D eigenvalue weighted by Crippen LogP contribution is -2.45. The molecule has 0 aromatic carbocycles. The minimum absolute atomic E-state index is 0.0111. The minimum atomic E-state index is 0.0111. The molecule has 2 unspecified atom stereocenters. The number of ketones is 1. The third-order valence-electron chi connectivity index (χ3n) is 5.92. The molecular formula is C17H24O2. The number of carbonyl (C=O) groups is 1. The van der Waals surface area contributed by atoms with Gasteiger partial charge in [0.05, 0.1) is 6.61 Å². The van der Waals surface area contributed by atoms with E-state index in [0.29, 0.717) is 12.2 Å². The number of hydrogen-bond acceptors (Lipinski definition) is 2. The molecule has 2 atom stereocenters. The number of fused-ring (bicyclic) bond motifs is 3. The summed E-state index contributed by atoms with van der Waals surface area (Å²) in [5.41, 5.74) is 3.87. The summed E-state index contributed by atoms with van der Waals surface area (Å²) in [5.74, 6) is 0.334. The van der Waals surface area contributed by atoms with E-state index in [1.807, 2.05) is 6.92 Å². The zero-order valence-electron chi connectivity index (χ0n) is 12.1. The van der Waals surface area contributed by atoms with Gasteiger partial charge in [-0.05, 0) is 51.0 Å². The maximum absolute atomic E-state index is 12.0. The van der Waals surface area contributed by atoms with E-state index >= 15 is 0 Å². The van der Waals surface area contributed by atoms with Crippen molar-refractivity contribution in [1.29, 1.82) is 0 Å². The van der Waals surface area contributed by atoms with Crippen LogP contribution in [0.3, 0.4) is 0 Å². The van der Waals surface area contributed by atoms with E-state index in [2.05, 4.69) is 13.0 Å². The van der Waals surface area contributed by atoms with Gasteiger partial charge in [-0.1, -0.05) is 24.1 Å². The smallest absolute Gasteiger partial charge is 0.158 e. The number of aliphatic hydroxyl groups is 1. The third-order valence-corrected chi connectivity index (χ3v) is 5.92. The van der Waals surface area contributed by atoms with Gasteiger partial charge in [0.25, 0.3) is 0 Å². The molecule has 3 aliphatic carbocycles. The van der Waals surface area contributed by atoms with Crippen LogP contribution in [0, 0.1) is 10.8 Å². The standard InChI is InChI=1S/C17H24O2/c1-12-13-6-10-17(11-18)8-4-3-5-15(17)16(13,2)9-7-14(12)19/h5,18H,3-4,6-11H2,1-2H3. The quantitative estimate of drug-likeness (QED) is 0.732. The molecule has 0 aromatic rings. The topological polar surface area (TPSA) is 37.3 Å². The number of hydrogen-bond donors (Lipinski definition) is 1. The van der Waals surface area contributed by atoms with Gasteiger partial charge in [-0.15, -0.1) is 0 Å². The lowest BCUT2D eigenvalue weighted by atomic mass is 9.51. The van der Waals surface area contributed by atoms with Crippen LogP contribution in [-0.2, 0) is 4.79 Å². The van der Waals surface area contributed by atoms with E-state index in [1.165, 1.54) is 17.6 Å². The van der Waals surface area contributed by atoms with Crippen LogP contribution in [0.1, 0.15) is 58.8 Å². The number of carbonyl (C=O) groups excluding carboxylic acids is 1. The van der Waals surface area contributed by atoms with Gasteiger partial charge < -0.3 is 5.11 Å². The molecule has 0 radical (unpaired) electrons. The SMILES string of the molecule is CC1=C2CCC3(CO)CCCC=C3C2(C)CCC1=O. The molecule has 19 heavy (non-hydrogen) atoms. The van der Waals surface area contributed by atoms with E-state index in [9.17, 15) is 9.90 Å². The summed E-state index contributed by atoms with van der Waals surface area (Å²) in [6.07, 6.45) is 9.44. The van der Waals surface area contributed by atoms with E-state index in [1.54, 1.807) is 0 Å². The van der Waals surface area contributed by atoms with Crippen LogP contribution in [0.15, 0.2) is 22.8 Å². The van der Waals surface area contributed by atoms with Crippen LogP contribution in [0.25, 0.3) is 0 Å². The van der Waals surface area contributed by atoms with Gasteiger partial charge in [-0.3, -0.25) is 4.79 Å². The Morgan fingerprint density at radius 2 is 2.05 bits per heavy atom. The van der Waals surface area contributed by atoms with Gasteiger partial charge in [0.2, 0.25) is 0 Å². The monoisotopic (exact) mass is 260 g/mol. The fourth-order valence-corrected chi connectivity index (χ4v) is 4.76. The van der Waals surface area contributed by atoms with Crippen LogP contribution in [0.2, 0.25) is 0 Å². The second kappa shape index (κ2) is 4.31. The largest absolute Gasteiger partial charge is 0.395 e. The molecule has 3 aliphatic rings. The molecule has 0 bridgehead atoms. The lowest BCUT2D eigenvalue weighted by molar-refractivity contribution is -0.116. The molecule has 2 nitrogen and oxygen atoms in total. The van der Waals surface area contributed by atoms with Crippen LogP contribution >= 0.6 is 0 Å². The van der Waals surface area contributed by atoms with Crippen LogP contribution in [0.5, 0.6) is 0 Å².